The van der Waals surface area contributed by atoms with Gasteiger partial charge in [-0.2, -0.15) is 0 Å². The van der Waals surface area contributed by atoms with Crippen molar-refractivity contribution in [1.82, 2.24) is 20.2 Å². The van der Waals surface area contributed by atoms with E-state index in [-0.39, 0.29) is 10.7 Å². The van der Waals surface area contributed by atoms with Crippen LogP contribution in [0.4, 0.5) is 11.5 Å². The molecule has 0 aliphatic carbocycles. The van der Waals surface area contributed by atoms with Gasteiger partial charge in [0.05, 0.1) is 5.51 Å². The zero-order valence-electron chi connectivity index (χ0n) is 21.5. The van der Waals surface area contributed by atoms with Crippen LogP contribution in [0.15, 0.2) is 76.1 Å². The second-order valence-electron chi connectivity index (χ2n) is 9.53. The Morgan fingerprint density at radius 1 is 1.18 bits per heavy atom. The average Bonchev–Trinajstić information content (AvgIpc) is 3.72. The number of anilines is 2. The fourth-order valence-corrected chi connectivity index (χ4v) is 5.81. The van der Waals surface area contributed by atoms with Crippen LogP contribution in [-0.2, 0) is 17.6 Å². The second kappa shape index (κ2) is 10.5. The van der Waals surface area contributed by atoms with E-state index in [1.54, 1.807) is 11.7 Å². The number of aromatic amines is 1. The summed E-state index contributed by atoms with van der Waals surface area (Å²) in [5.74, 6) is 1.22. The molecule has 0 saturated heterocycles. The Morgan fingerprint density at radius 3 is 2.74 bits per heavy atom. The molecule has 1 amide bonds. The van der Waals surface area contributed by atoms with Crippen LogP contribution in [0.2, 0.25) is 0 Å². The highest BCUT2D eigenvalue weighted by Gasteiger charge is 2.35. The van der Waals surface area contributed by atoms with E-state index in [1.807, 2.05) is 59.5 Å². The first-order valence-electron chi connectivity index (χ1n) is 12.6. The number of amides is 1. The zero-order valence-corrected chi connectivity index (χ0v) is 23.1. The van der Waals surface area contributed by atoms with Crippen molar-refractivity contribution < 1.29 is 9.21 Å². The van der Waals surface area contributed by atoms with E-state index in [1.165, 1.54) is 11.3 Å². The molecule has 10 heteroatoms. The van der Waals surface area contributed by atoms with Crippen molar-refractivity contribution in [1.29, 1.82) is 0 Å². The predicted octanol–water partition coefficient (Wildman–Crippen LogP) is 5.86. The van der Waals surface area contributed by atoms with Crippen molar-refractivity contribution in [2.75, 3.05) is 23.4 Å². The molecule has 1 atom stereocenters. The first-order chi connectivity index (χ1) is 19.0. The van der Waals surface area contributed by atoms with Crippen LogP contribution in [-0.4, -0.2) is 45.7 Å². The summed E-state index contributed by atoms with van der Waals surface area (Å²) in [6.45, 7) is 2.52. The van der Waals surface area contributed by atoms with Gasteiger partial charge in [0.15, 0.2) is 0 Å². The fraction of sp³-hybridized carbons (Fsp3) is 0.207. The van der Waals surface area contributed by atoms with Gasteiger partial charge in [0.25, 0.3) is 4.84 Å². The highest BCUT2D eigenvalue weighted by Crippen LogP contribution is 2.40. The Balaban J connectivity index is 1.45. The number of nitrogens with zero attached hydrogens (tertiary/aromatic N) is 5. The average molecular weight is 555 g/mol. The van der Waals surface area contributed by atoms with Gasteiger partial charge in [-0.15, -0.1) is 16.4 Å². The number of aromatic nitrogens is 4. The molecule has 8 nitrogen and oxygen atoms in total. The minimum Gasteiger partial charge on any atom is -0.409 e. The number of aryl methyl sites for hydroxylation is 1. The van der Waals surface area contributed by atoms with Crippen LogP contribution in [0.1, 0.15) is 16.8 Å². The third-order valence-electron chi connectivity index (χ3n) is 7.07. The van der Waals surface area contributed by atoms with Gasteiger partial charge in [0, 0.05) is 48.5 Å². The van der Waals surface area contributed by atoms with E-state index in [4.69, 9.17) is 16.6 Å². The molecular formula is C29H26N6O2S2. The number of carbonyl (C=O) groups excluding carboxylic acids is 1. The third kappa shape index (κ3) is 5.00. The number of thiazole rings is 1. The van der Waals surface area contributed by atoms with Crippen LogP contribution in [0, 0.1) is 11.8 Å². The number of nitrogens with one attached hydrogen (secondary N) is 1. The number of likely N-dealkylation sites (N-methyl/N-ethyl adjacent to an activating group) is 1. The smallest absolute Gasteiger partial charge is 0.284 e. The highest BCUT2D eigenvalue weighted by atomic mass is 32.1. The molecular weight excluding hydrogens is 528 g/mol. The maximum absolute atomic E-state index is 14.4. The van der Waals surface area contributed by atoms with Crippen LogP contribution < -0.4 is 9.80 Å². The summed E-state index contributed by atoms with van der Waals surface area (Å²) < 4.78 is 5.74. The van der Waals surface area contributed by atoms with Crippen LogP contribution in [0.25, 0.3) is 22.6 Å². The molecule has 1 aliphatic heterocycles. The first-order valence-corrected chi connectivity index (χ1v) is 13.9. The van der Waals surface area contributed by atoms with Gasteiger partial charge in [-0.25, -0.2) is 10.1 Å². The lowest BCUT2D eigenvalue weighted by atomic mass is 9.97. The van der Waals surface area contributed by atoms with E-state index >= 15 is 0 Å². The quantitative estimate of drug-likeness (QED) is 0.252. The Hall–Kier alpha value is -4.15. The minimum absolute atomic E-state index is 0.0186. The SMILES string of the molecule is Cc1cc(-c2cc(-c3n[nH]c(=S)o3)c3c(c2)N(C(=O)[C@H](Cc2ccccc2)N(C)c2cscn2)CC3)ccn1. The number of hydrogen-bond donors (Lipinski definition) is 1. The monoisotopic (exact) mass is 554 g/mol. The van der Waals surface area contributed by atoms with E-state index in [9.17, 15) is 4.79 Å². The Bertz CT molecular complexity index is 1680. The number of rotatable bonds is 7. The minimum atomic E-state index is -0.440. The number of benzene rings is 2. The Labute approximate surface area is 235 Å². The van der Waals surface area contributed by atoms with Crippen molar-refractivity contribution in [2.45, 2.75) is 25.8 Å². The van der Waals surface area contributed by atoms with Gasteiger partial charge in [-0.1, -0.05) is 30.3 Å². The maximum atomic E-state index is 14.4. The second-order valence-corrected chi connectivity index (χ2v) is 10.6. The molecule has 1 aliphatic rings. The topological polar surface area (TPSA) is 91.2 Å². The first kappa shape index (κ1) is 25.1. The Kier molecular flexibility index (Phi) is 6.80. The summed E-state index contributed by atoms with van der Waals surface area (Å²) in [7, 11) is 1.94. The molecule has 3 aromatic heterocycles. The molecule has 0 saturated carbocycles. The number of pyridine rings is 1. The van der Waals surface area contributed by atoms with Gasteiger partial charge in [-0.3, -0.25) is 9.78 Å². The fourth-order valence-electron chi connectivity index (χ4n) is 5.11. The lowest BCUT2D eigenvalue weighted by Gasteiger charge is -2.31. The lowest BCUT2D eigenvalue weighted by Crippen LogP contribution is -2.48. The molecule has 0 spiro atoms. The molecule has 1 N–H and O–H groups in total. The molecule has 0 bridgehead atoms. The molecule has 196 valence electrons. The molecule has 6 rings (SSSR count). The van der Waals surface area contributed by atoms with Gasteiger partial charge in [0.1, 0.15) is 11.9 Å². The summed E-state index contributed by atoms with van der Waals surface area (Å²) in [4.78, 5) is 27.3. The summed E-state index contributed by atoms with van der Waals surface area (Å²) in [5, 5.41) is 9.01. The van der Waals surface area contributed by atoms with Gasteiger partial charge >= 0.3 is 0 Å². The van der Waals surface area contributed by atoms with Crippen molar-refractivity contribution >= 4 is 41.0 Å². The molecule has 4 heterocycles. The lowest BCUT2D eigenvalue weighted by molar-refractivity contribution is -0.119. The highest BCUT2D eigenvalue weighted by molar-refractivity contribution is 7.71. The third-order valence-corrected chi connectivity index (χ3v) is 7.82. The predicted molar refractivity (Wildman–Crippen MR) is 156 cm³/mol. The van der Waals surface area contributed by atoms with Crippen LogP contribution >= 0.6 is 23.6 Å². The van der Waals surface area contributed by atoms with E-state index < -0.39 is 6.04 Å². The number of H-pyrrole nitrogens is 1. The molecule has 0 unspecified atom stereocenters. The van der Waals surface area contributed by atoms with Crippen molar-refractivity contribution in [3.63, 3.8) is 0 Å². The molecule has 0 fully saturated rings. The summed E-state index contributed by atoms with van der Waals surface area (Å²) in [6.07, 6.45) is 3.03. The van der Waals surface area contributed by atoms with E-state index in [0.29, 0.717) is 25.3 Å². The van der Waals surface area contributed by atoms with Crippen LogP contribution in [0.3, 0.4) is 0 Å². The van der Waals surface area contributed by atoms with Crippen molar-refractivity contribution in [2.24, 2.45) is 0 Å². The van der Waals surface area contributed by atoms with Gasteiger partial charge in [-0.05, 0) is 72.1 Å². The summed E-state index contributed by atoms with van der Waals surface area (Å²) in [5.41, 5.74) is 8.43. The zero-order chi connectivity index (χ0) is 26.9. The van der Waals surface area contributed by atoms with Crippen molar-refractivity contribution in [3.05, 3.63) is 93.3 Å². The standard InChI is InChI=1S/C29H26N6O2S2/c1-18-12-20(8-10-30-18)21-14-23(27-32-33-29(38)37-27)22-9-11-35(24(22)15-21)28(36)25(13-19-6-4-3-5-7-19)34(2)26-16-39-17-31-26/h3-8,10,12,14-17,25H,9,11,13H2,1-2H3,(H,33,38)/t25-/m0/s1. The summed E-state index contributed by atoms with van der Waals surface area (Å²) in [6, 6.07) is 17.8. The van der Waals surface area contributed by atoms with Gasteiger partial charge in [0.2, 0.25) is 11.8 Å². The Morgan fingerprint density at radius 2 is 2.03 bits per heavy atom. The molecule has 39 heavy (non-hydrogen) atoms. The van der Waals surface area contributed by atoms with Gasteiger partial charge < -0.3 is 14.2 Å². The molecule has 0 radical (unpaired) electrons. The summed E-state index contributed by atoms with van der Waals surface area (Å²) >= 11 is 6.68. The van der Waals surface area contributed by atoms with E-state index in [0.717, 1.165) is 45.0 Å². The molecule has 2 aromatic carbocycles. The number of fused-ring (bicyclic) bond motifs is 1. The largest absolute Gasteiger partial charge is 0.409 e. The maximum Gasteiger partial charge on any atom is 0.284 e. The number of carbonyl (C=O) groups is 1. The van der Waals surface area contributed by atoms with Crippen molar-refractivity contribution in [3.8, 4) is 22.6 Å². The molecule has 5 aromatic rings. The van der Waals surface area contributed by atoms with E-state index in [2.05, 4.69) is 44.4 Å². The van der Waals surface area contributed by atoms with Crippen LogP contribution in [0.5, 0.6) is 0 Å². The number of hydrogen-bond acceptors (Lipinski definition) is 8. The normalized spacial score (nSPS) is 13.3.